The lowest BCUT2D eigenvalue weighted by molar-refractivity contribution is -0.138. The van der Waals surface area contributed by atoms with E-state index >= 15 is 0 Å². The molecule has 0 saturated carbocycles. The van der Waals surface area contributed by atoms with Crippen LogP contribution in [0.5, 0.6) is 0 Å². The predicted octanol–water partition coefficient (Wildman–Crippen LogP) is 4.51. The predicted molar refractivity (Wildman–Crippen MR) is 154 cm³/mol. The second kappa shape index (κ2) is 14.6. The molecule has 39 heavy (non-hydrogen) atoms. The smallest absolute Gasteiger partial charge is 0.326 e. The van der Waals surface area contributed by atoms with Crippen molar-refractivity contribution in [3.63, 3.8) is 0 Å². The second-order valence-electron chi connectivity index (χ2n) is 10.1. The van der Waals surface area contributed by atoms with Gasteiger partial charge in [0.2, 0.25) is 0 Å². The molecule has 0 saturated heterocycles. The van der Waals surface area contributed by atoms with Gasteiger partial charge in [-0.25, -0.2) is 19.7 Å². The molecule has 2 aromatic heterocycles. The van der Waals surface area contributed by atoms with E-state index in [9.17, 15) is 9.90 Å². The standard InChI is InChI=1S/C30H40N6O3/c1-22(39-2)20-36(17-7-6-12-25-14-13-24-11-8-16-31-29(24)34-25)18-15-26(30(37)38)35-28-19-27(32-21-33-28)23-9-4-3-5-10-23/h3-5,9-10,13-14,19,21-22,26H,6-8,11-12,15-18,20H2,1-2H3,(H,31,34)(H,37,38)(H,32,33,35)/t22-,26?/m1/s1. The van der Waals surface area contributed by atoms with Crippen LogP contribution in [0.15, 0.2) is 54.9 Å². The van der Waals surface area contributed by atoms with Gasteiger partial charge in [-0.15, -0.1) is 0 Å². The minimum atomic E-state index is -0.901. The van der Waals surface area contributed by atoms with Crippen molar-refractivity contribution in [2.24, 2.45) is 0 Å². The maximum atomic E-state index is 12.1. The number of pyridine rings is 1. The number of carboxylic acids is 1. The molecule has 3 heterocycles. The van der Waals surface area contributed by atoms with Crippen molar-refractivity contribution in [1.82, 2.24) is 19.9 Å². The summed E-state index contributed by atoms with van der Waals surface area (Å²) in [6.07, 6.45) is 7.17. The number of carboxylic acid groups (broad SMARTS) is 1. The fourth-order valence-electron chi connectivity index (χ4n) is 4.83. The summed E-state index contributed by atoms with van der Waals surface area (Å²) in [5.41, 5.74) is 4.13. The highest BCUT2D eigenvalue weighted by atomic mass is 16.5. The normalized spacial score (nSPS) is 14.3. The summed E-state index contributed by atoms with van der Waals surface area (Å²) < 4.78 is 5.51. The number of hydrogen-bond acceptors (Lipinski definition) is 8. The summed E-state index contributed by atoms with van der Waals surface area (Å²) in [6, 6.07) is 15.1. The van der Waals surface area contributed by atoms with Gasteiger partial charge in [0.05, 0.1) is 11.8 Å². The van der Waals surface area contributed by atoms with Crippen LogP contribution in [0, 0.1) is 0 Å². The fraction of sp³-hybridized carbons (Fsp3) is 0.467. The Kier molecular flexibility index (Phi) is 10.6. The number of nitrogens with zero attached hydrogens (tertiary/aromatic N) is 4. The highest BCUT2D eigenvalue weighted by molar-refractivity contribution is 5.77. The van der Waals surface area contributed by atoms with Gasteiger partial charge in [0.1, 0.15) is 24.0 Å². The molecule has 0 radical (unpaired) electrons. The van der Waals surface area contributed by atoms with Gasteiger partial charge >= 0.3 is 5.97 Å². The first kappa shape index (κ1) is 28.4. The number of benzene rings is 1. The number of nitrogens with one attached hydrogen (secondary N) is 2. The molecule has 1 unspecified atom stereocenters. The molecule has 0 amide bonds. The van der Waals surface area contributed by atoms with E-state index in [-0.39, 0.29) is 6.10 Å². The number of aliphatic carboxylic acids is 1. The van der Waals surface area contributed by atoms with E-state index in [0.717, 1.165) is 74.5 Å². The van der Waals surface area contributed by atoms with Crippen LogP contribution in [0.25, 0.3) is 11.3 Å². The zero-order valence-electron chi connectivity index (χ0n) is 23.0. The third-order valence-electron chi connectivity index (χ3n) is 7.12. The number of aromatic nitrogens is 3. The van der Waals surface area contributed by atoms with Gasteiger partial charge in [-0.05, 0) is 63.6 Å². The summed E-state index contributed by atoms with van der Waals surface area (Å²) in [5, 5.41) is 16.4. The van der Waals surface area contributed by atoms with Crippen LogP contribution in [0.1, 0.15) is 43.9 Å². The number of fused-ring (bicyclic) bond motifs is 1. The quantitative estimate of drug-likeness (QED) is 0.243. The first-order valence-electron chi connectivity index (χ1n) is 13.9. The van der Waals surface area contributed by atoms with Gasteiger partial charge in [-0.3, -0.25) is 0 Å². The third kappa shape index (κ3) is 8.73. The SMILES string of the molecule is CO[C@H](C)CN(CCCCc1ccc2c(n1)NCCC2)CCC(Nc1cc(-c2ccccc2)ncn1)C(=O)O. The maximum Gasteiger partial charge on any atom is 0.326 e. The third-order valence-corrected chi connectivity index (χ3v) is 7.12. The number of anilines is 2. The Balaban J connectivity index is 1.30. The molecular formula is C30H40N6O3. The van der Waals surface area contributed by atoms with Crippen LogP contribution in [0.3, 0.4) is 0 Å². The monoisotopic (exact) mass is 532 g/mol. The zero-order chi connectivity index (χ0) is 27.5. The molecule has 3 N–H and O–H groups in total. The average molecular weight is 533 g/mol. The van der Waals surface area contributed by atoms with E-state index in [1.807, 2.05) is 37.3 Å². The lowest BCUT2D eigenvalue weighted by Gasteiger charge is -2.27. The summed E-state index contributed by atoms with van der Waals surface area (Å²) in [5.74, 6) is 0.642. The van der Waals surface area contributed by atoms with Crippen LogP contribution in [0.2, 0.25) is 0 Å². The summed E-state index contributed by atoms with van der Waals surface area (Å²) >= 11 is 0. The Morgan fingerprint density at radius 1 is 1.15 bits per heavy atom. The van der Waals surface area contributed by atoms with Crippen LogP contribution < -0.4 is 10.6 Å². The first-order valence-corrected chi connectivity index (χ1v) is 13.9. The van der Waals surface area contributed by atoms with Gasteiger partial charge in [0.25, 0.3) is 0 Å². The number of carbonyl (C=O) groups is 1. The molecule has 1 aliphatic rings. The highest BCUT2D eigenvalue weighted by Crippen LogP contribution is 2.21. The summed E-state index contributed by atoms with van der Waals surface area (Å²) in [6.45, 7) is 5.28. The molecule has 1 aromatic carbocycles. The molecule has 0 fully saturated rings. The van der Waals surface area contributed by atoms with Crippen molar-refractivity contribution in [3.8, 4) is 11.3 Å². The van der Waals surface area contributed by atoms with Crippen LogP contribution in [0.4, 0.5) is 11.6 Å². The molecule has 0 bridgehead atoms. The summed E-state index contributed by atoms with van der Waals surface area (Å²) in [7, 11) is 1.71. The van der Waals surface area contributed by atoms with E-state index in [0.29, 0.717) is 18.8 Å². The Hall–Kier alpha value is -3.56. The van der Waals surface area contributed by atoms with Gasteiger partial charge in [0, 0.05) is 44.1 Å². The molecule has 9 heteroatoms. The maximum absolute atomic E-state index is 12.1. The van der Waals surface area contributed by atoms with Crippen molar-refractivity contribution in [2.75, 3.05) is 43.9 Å². The van der Waals surface area contributed by atoms with Crippen molar-refractivity contribution < 1.29 is 14.6 Å². The van der Waals surface area contributed by atoms with Gasteiger partial charge < -0.3 is 25.4 Å². The highest BCUT2D eigenvalue weighted by Gasteiger charge is 2.20. The molecular weight excluding hydrogens is 492 g/mol. The molecule has 208 valence electrons. The topological polar surface area (TPSA) is 113 Å². The lowest BCUT2D eigenvalue weighted by atomic mass is 10.1. The molecule has 3 aromatic rings. The Bertz CT molecular complexity index is 1190. The minimum Gasteiger partial charge on any atom is -0.480 e. The molecule has 0 aliphatic carbocycles. The Labute approximate surface area is 231 Å². The van der Waals surface area contributed by atoms with E-state index < -0.39 is 12.0 Å². The number of aryl methyl sites for hydroxylation is 2. The van der Waals surface area contributed by atoms with Crippen molar-refractivity contribution in [3.05, 3.63) is 66.1 Å². The van der Waals surface area contributed by atoms with Crippen molar-refractivity contribution >= 4 is 17.6 Å². The minimum absolute atomic E-state index is 0.0601. The second-order valence-corrected chi connectivity index (χ2v) is 10.1. The van der Waals surface area contributed by atoms with Crippen LogP contribution in [-0.2, 0) is 22.4 Å². The van der Waals surface area contributed by atoms with Gasteiger partial charge in [0.15, 0.2) is 0 Å². The van der Waals surface area contributed by atoms with Crippen LogP contribution >= 0.6 is 0 Å². The molecule has 2 atom stereocenters. The number of hydrogen-bond donors (Lipinski definition) is 3. The van der Waals surface area contributed by atoms with Gasteiger partial charge in [-0.2, -0.15) is 0 Å². The number of rotatable bonds is 15. The molecule has 1 aliphatic heterocycles. The zero-order valence-corrected chi connectivity index (χ0v) is 23.0. The number of unbranched alkanes of at least 4 members (excludes halogenated alkanes) is 1. The fourth-order valence-corrected chi connectivity index (χ4v) is 4.83. The summed E-state index contributed by atoms with van der Waals surface area (Å²) in [4.78, 5) is 27.8. The Morgan fingerprint density at radius 2 is 2.00 bits per heavy atom. The van der Waals surface area contributed by atoms with Crippen molar-refractivity contribution in [2.45, 2.75) is 57.6 Å². The van der Waals surface area contributed by atoms with E-state index in [1.165, 1.54) is 11.9 Å². The first-order chi connectivity index (χ1) is 19.0. The molecule has 0 spiro atoms. The van der Waals surface area contributed by atoms with Gasteiger partial charge in [-0.1, -0.05) is 36.4 Å². The van der Waals surface area contributed by atoms with E-state index in [4.69, 9.17) is 9.72 Å². The Morgan fingerprint density at radius 3 is 2.79 bits per heavy atom. The molecule has 9 nitrogen and oxygen atoms in total. The number of ether oxygens (including phenoxy) is 1. The molecule has 4 rings (SSSR count). The lowest BCUT2D eigenvalue weighted by Crippen LogP contribution is -2.38. The van der Waals surface area contributed by atoms with E-state index in [2.05, 4.69) is 37.6 Å². The van der Waals surface area contributed by atoms with E-state index in [1.54, 1.807) is 13.2 Å². The number of methoxy groups -OCH3 is 1. The van der Waals surface area contributed by atoms with Crippen LogP contribution in [-0.4, -0.2) is 76.4 Å². The largest absolute Gasteiger partial charge is 0.480 e. The van der Waals surface area contributed by atoms with Crippen molar-refractivity contribution in [1.29, 1.82) is 0 Å². The average Bonchev–Trinajstić information content (AvgIpc) is 2.97.